The molecule has 0 heterocycles. The van der Waals surface area contributed by atoms with Crippen LogP contribution >= 0.6 is 0 Å². The molecule has 3 rings (SSSR count). The van der Waals surface area contributed by atoms with Crippen molar-refractivity contribution in [2.45, 2.75) is 216 Å². The van der Waals surface area contributed by atoms with Crippen LogP contribution in [0.4, 0.5) is 0 Å². The predicted molar refractivity (Wildman–Crippen MR) is 187 cm³/mol. The summed E-state index contributed by atoms with van der Waals surface area (Å²) >= 11 is 0. The van der Waals surface area contributed by atoms with Gasteiger partial charge in [-0.15, -0.1) is 0 Å². The van der Waals surface area contributed by atoms with Crippen LogP contribution in [0.5, 0.6) is 0 Å². The van der Waals surface area contributed by atoms with E-state index in [1.54, 1.807) is 0 Å². The molecule has 0 amide bonds. The first-order valence-electron chi connectivity index (χ1n) is 19.0. The fraction of sp³-hybridized carbons (Fsp3) is 1.00. The number of rotatable bonds is 2. The van der Waals surface area contributed by atoms with Crippen molar-refractivity contribution in [1.29, 1.82) is 0 Å². The zero-order valence-corrected chi connectivity index (χ0v) is 30.5. The van der Waals surface area contributed by atoms with E-state index in [4.69, 9.17) is 0 Å². The molecule has 2 N–H and O–H groups in total. The van der Waals surface area contributed by atoms with Gasteiger partial charge in [-0.3, -0.25) is 0 Å². The standard InChI is InChI=1S/C20H40O2.2C10H20/c1-16(2)12-10-9-11-13-20(14-21,15-22)19(7,8)18(5,6)17(16,3)4;2*1-2-4-6-8-10-9-7-5-3-1/h21-22H,9-15H2,1-8H3;2*1-10H2. The highest BCUT2D eigenvalue weighted by Gasteiger charge is 2.60. The minimum atomic E-state index is -0.415. The highest BCUT2D eigenvalue weighted by atomic mass is 16.3. The minimum absolute atomic E-state index is 0.0215. The maximum atomic E-state index is 10.2. The summed E-state index contributed by atoms with van der Waals surface area (Å²) in [6.45, 7) is 18.9. The van der Waals surface area contributed by atoms with Crippen LogP contribution in [-0.4, -0.2) is 23.4 Å². The molecule has 3 fully saturated rings. The van der Waals surface area contributed by atoms with E-state index in [2.05, 4.69) is 55.4 Å². The Hall–Kier alpha value is -0.0800. The molecule has 3 aliphatic rings. The molecule has 3 saturated carbocycles. The second-order valence-electron chi connectivity index (χ2n) is 17.0. The Morgan fingerprint density at radius 1 is 0.310 bits per heavy atom. The smallest absolute Gasteiger partial charge is 0.0514 e. The van der Waals surface area contributed by atoms with Crippen molar-refractivity contribution in [3.63, 3.8) is 0 Å². The van der Waals surface area contributed by atoms with Crippen LogP contribution in [-0.2, 0) is 0 Å². The molecule has 0 aliphatic heterocycles. The van der Waals surface area contributed by atoms with Crippen LogP contribution in [0, 0.1) is 27.1 Å². The Morgan fingerprint density at radius 3 is 0.810 bits per heavy atom. The van der Waals surface area contributed by atoms with Gasteiger partial charge in [0.15, 0.2) is 0 Å². The second-order valence-corrected chi connectivity index (χ2v) is 17.0. The van der Waals surface area contributed by atoms with Gasteiger partial charge in [-0.2, -0.15) is 0 Å². The molecule has 0 saturated heterocycles. The largest absolute Gasteiger partial charge is 0.396 e. The van der Waals surface area contributed by atoms with Gasteiger partial charge in [0.05, 0.1) is 13.2 Å². The lowest BCUT2D eigenvalue weighted by molar-refractivity contribution is -0.182. The lowest BCUT2D eigenvalue weighted by atomic mass is 9.41. The van der Waals surface area contributed by atoms with Crippen LogP contribution in [0.1, 0.15) is 216 Å². The summed E-state index contributed by atoms with van der Waals surface area (Å²) in [5.41, 5.74) is -0.284. The lowest BCUT2D eigenvalue weighted by Crippen LogP contribution is -2.60. The Kier molecular flexibility index (Phi) is 19.1. The van der Waals surface area contributed by atoms with Crippen molar-refractivity contribution in [2.75, 3.05) is 13.2 Å². The zero-order chi connectivity index (χ0) is 31.6. The first-order valence-corrected chi connectivity index (χ1v) is 19.0. The van der Waals surface area contributed by atoms with Crippen molar-refractivity contribution >= 4 is 0 Å². The van der Waals surface area contributed by atoms with Crippen molar-refractivity contribution in [3.8, 4) is 0 Å². The van der Waals surface area contributed by atoms with Gasteiger partial charge >= 0.3 is 0 Å². The summed E-state index contributed by atoms with van der Waals surface area (Å²) in [6.07, 6.45) is 35.7. The van der Waals surface area contributed by atoms with E-state index >= 15 is 0 Å². The molecule has 2 heteroatoms. The molecule has 0 unspecified atom stereocenters. The third kappa shape index (κ3) is 11.7. The number of hydrogen-bond donors (Lipinski definition) is 2. The third-order valence-corrected chi connectivity index (χ3v) is 13.7. The van der Waals surface area contributed by atoms with Crippen molar-refractivity contribution in [3.05, 3.63) is 0 Å². The van der Waals surface area contributed by atoms with Crippen molar-refractivity contribution in [2.24, 2.45) is 27.1 Å². The monoisotopic (exact) mass is 593 g/mol. The highest BCUT2D eigenvalue weighted by Crippen LogP contribution is 2.66. The topological polar surface area (TPSA) is 40.5 Å². The Labute approximate surface area is 266 Å². The minimum Gasteiger partial charge on any atom is -0.396 e. The Balaban J connectivity index is 0.000000362. The highest BCUT2D eigenvalue weighted by molar-refractivity contribution is 5.09. The summed E-state index contributed by atoms with van der Waals surface area (Å²) in [5, 5.41) is 20.5. The average molecular weight is 593 g/mol. The van der Waals surface area contributed by atoms with Crippen LogP contribution in [0.15, 0.2) is 0 Å². The van der Waals surface area contributed by atoms with Gasteiger partial charge in [-0.05, 0) is 34.5 Å². The summed E-state index contributed by atoms with van der Waals surface area (Å²) in [4.78, 5) is 0. The number of hydrogen-bond acceptors (Lipinski definition) is 2. The van der Waals surface area contributed by atoms with Gasteiger partial charge in [0, 0.05) is 5.41 Å². The summed E-state index contributed by atoms with van der Waals surface area (Å²) in [7, 11) is 0. The molecule has 252 valence electrons. The maximum absolute atomic E-state index is 10.2. The first kappa shape index (κ1) is 39.9. The van der Waals surface area contributed by atoms with Gasteiger partial charge in [-0.25, -0.2) is 0 Å². The van der Waals surface area contributed by atoms with Gasteiger partial charge in [0.2, 0.25) is 0 Å². The third-order valence-electron chi connectivity index (χ3n) is 13.7. The summed E-state index contributed by atoms with van der Waals surface area (Å²) < 4.78 is 0. The molecular formula is C40H80O2. The van der Waals surface area contributed by atoms with E-state index in [1.807, 2.05) is 0 Å². The molecule has 0 radical (unpaired) electrons. The SMILES string of the molecule is C1CCCCCCCCC1.C1CCCCCCCCC1.CC1(C)CCCCCC(CO)(CO)C(C)(C)C(C)(C)C1(C)C. The molecule has 0 aromatic carbocycles. The number of aliphatic hydroxyl groups is 2. The van der Waals surface area contributed by atoms with Gasteiger partial charge in [0.25, 0.3) is 0 Å². The molecule has 0 aromatic heterocycles. The van der Waals surface area contributed by atoms with Crippen molar-refractivity contribution < 1.29 is 10.2 Å². The van der Waals surface area contributed by atoms with Crippen LogP contribution in [0.2, 0.25) is 0 Å². The van der Waals surface area contributed by atoms with E-state index in [0.29, 0.717) is 0 Å². The summed E-state index contributed by atoms with van der Waals surface area (Å²) in [6, 6.07) is 0. The summed E-state index contributed by atoms with van der Waals surface area (Å²) in [5.74, 6) is 0. The normalized spacial score (nSPS) is 27.0. The quantitative estimate of drug-likeness (QED) is 0.335. The molecule has 2 nitrogen and oxygen atoms in total. The van der Waals surface area contributed by atoms with Gasteiger partial charge in [0.1, 0.15) is 0 Å². The molecule has 0 atom stereocenters. The van der Waals surface area contributed by atoms with E-state index in [9.17, 15) is 10.2 Å². The van der Waals surface area contributed by atoms with Gasteiger partial charge in [-0.1, -0.05) is 203 Å². The Bertz CT molecular complexity index is 556. The van der Waals surface area contributed by atoms with E-state index in [1.165, 1.54) is 148 Å². The van der Waals surface area contributed by atoms with Crippen LogP contribution in [0.3, 0.4) is 0 Å². The molecular weight excluding hydrogens is 512 g/mol. The Morgan fingerprint density at radius 2 is 0.548 bits per heavy atom. The lowest BCUT2D eigenvalue weighted by Gasteiger charge is -2.64. The zero-order valence-electron chi connectivity index (χ0n) is 30.5. The van der Waals surface area contributed by atoms with Crippen LogP contribution in [0.25, 0.3) is 0 Å². The fourth-order valence-corrected chi connectivity index (χ4v) is 8.26. The molecule has 0 spiro atoms. The van der Waals surface area contributed by atoms with Gasteiger partial charge < -0.3 is 10.2 Å². The molecule has 0 bridgehead atoms. The van der Waals surface area contributed by atoms with Crippen molar-refractivity contribution in [1.82, 2.24) is 0 Å². The van der Waals surface area contributed by atoms with E-state index in [0.717, 1.165) is 12.8 Å². The molecule has 0 aromatic rings. The average Bonchev–Trinajstić information content (AvgIpc) is 2.97. The molecule has 42 heavy (non-hydrogen) atoms. The van der Waals surface area contributed by atoms with Crippen LogP contribution < -0.4 is 0 Å². The maximum Gasteiger partial charge on any atom is 0.0514 e. The van der Waals surface area contributed by atoms with E-state index in [-0.39, 0.29) is 34.9 Å². The predicted octanol–water partition coefficient (Wildman–Crippen LogP) is 12.8. The first-order chi connectivity index (χ1) is 19.8. The molecule has 3 aliphatic carbocycles. The fourth-order valence-electron chi connectivity index (χ4n) is 8.26. The number of aliphatic hydroxyl groups excluding tert-OH is 2. The second kappa shape index (κ2) is 20.1. The van der Waals surface area contributed by atoms with E-state index < -0.39 is 5.41 Å².